The summed E-state index contributed by atoms with van der Waals surface area (Å²) in [5.41, 5.74) is 1.17. The molecular formula is C14H12FNO. The first-order valence-electron chi connectivity index (χ1n) is 5.57. The smallest absolute Gasteiger partial charge is 0.198 e. The van der Waals surface area contributed by atoms with Crippen LogP contribution in [0.4, 0.5) is 4.39 Å². The summed E-state index contributed by atoms with van der Waals surface area (Å²) in [7, 11) is 0. The molecule has 3 rings (SSSR count). The average Bonchev–Trinajstić information content (AvgIpc) is 2.37. The van der Waals surface area contributed by atoms with Crippen LogP contribution in [-0.4, -0.2) is 18.2 Å². The lowest BCUT2D eigenvalue weighted by molar-refractivity contribution is -0.137. The summed E-state index contributed by atoms with van der Waals surface area (Å²) in [5, 5.41) is 0. The second-order valence-corrected chi connectivity index (χ2v) is 4.26. The largest absolute Gasteiger partial charge is 0.374 e. The number of rotatable bonds is 2. The van der Waals surface area contributed by atoms with E-state index in [4.69, 9.17) is 4.74 Å². The van der Waals surface area contributed by atoms with Gasteiger partial charge in [0.05, 0.1) is 18.9 Å². The molecule has 0 bridgehead atoms. The van der Waals surface area contributed by atoms with Crippen LogP contribution in [-0.2, 0) is 10.4 Å². The molecule has 0 radical (unpaired) electrons. The number of hydrogen-bond acceptors (Lipinski definition) is 2. The van der Waals surface area contributed by atoms with Gasteiger partial charge in [-0.15, -0.1) is 0 Å². The van der Waals surface area contributed by atoms with Crippen LogP contribution in [0.25, 0.3) is 11.1 Å². The van der Waals surface area contributed by atoms with E-state index in [1.165, 1.54) is 0 Å². The second-order valence-electron chi connectivity index (χ2n) is 4.26. The molecule has 0 N–H and O–H groups in total. The number of nitrogens with zero attached hydrogens (tertiary/aromatic N) is 1. The Kier molecular flexibility index (Phi) is 2.41. The Morgan fingerprint density at radius 1 is 1.00 bits per heavy atom. The van der Waals surface area contributed by atoms with Crippen LogP contribution in [0.5, 0.6) is 0 Å². The number of benzene rings is 1. The molecule has 86 valence electrons. The van der Waals surface area contributed by atoms with E-state index in [9.17, 15) is 4.39 Å². The number of halogens is 1. The molecule has 1 aromatic heterocycles. The Morgan fingerprint density at radius 2 is 1.76 bits per heavy atom. The van der Waals surface area contributed by atoms with Crippen LogP contribution in [0.1, 0.15) is 5.69 Å². The first-order chi connectivity index (χ1) is 8.28. The molecule has 1 saturated heterocycles. The van der Waals surface area contributed by atoms with Crippen molar-refractivity contribution in [1.82, 2.24) is 4.98 Å². The van der Waals surface area contributed by atoms with Crippen LogP contribution in [0, 0.1) is 0 Å². The minimum atomic E-state index is -1.38. The van der Waals surface area contributed by atoms with Crippen molar-refractivity contribution >= 4 is 0 Å². The summed E-state index contributed by atoms with van der Waals surface area (Å²) < 4.78 is 18.9. The molecule has 3 heteroatoms. The second kappa shape index (κ2) is 3.93. The maximum Gasteiger partial charge on any atom is 0.198 e. The highest BCUT2D eigenvalue weighted by atomic mass is 19.1. The Balaban J connectivity index is 1.90. The molecule has 0 aliphatic carbocycles. The third-order valence-electron chi connectivity index (χ3n) is 2.99. The first kappa shape index (κ1) is 10.4. The number of alkyl halides is 1. The molecule has 2 aromatic rings. The molecule has 2 nitrogen and oxygen atoms in total. The Bertz CT molecular complexity index is 506. The van der Waals surface area contributed by atoms with E-state index in [2.05, 4.69) is 4.98 Å². The summed E-state index contributed by atoms with van der Waals surface area (Å²) in [5.74, 6) is 0. The molecule has 1 aromatic carbocycles. The van der Waals surface area contributed by atoms with Gasteiger partial charge < -0.3 is 4.74 Å². The predicted molar refractivity (Wildman–Crippen MR) is 63.3 cm³/mol. The zero-order chi connectivity index (χ0) is 11.7. The molecule has 2 heterocycles. The van der Waals surface area contributed by atoms with E-state index in [0.717, 1.165) is 11.1 Å². The van der Waals surface area contributed by atoms with Crippen molar-refractivity contribution in [1.29, 1.82) is 0 Å². The minimum Gasteiger partial charge on any atom is -0.374 e. The lowest BCUT2D eigenvalue weighted by Crippen LogP contribution is -2.43. The van der Waals surface area contributed by atoms with E-state index >= 15 is 0 Å². The quantitative estimate of drug-likeness (QED) is 0.789. The number of ether oxygens (including phenoxy) is 1. The van der Waals surface area contributed by atoms with E-state index < -0.39 is 5.67 Å². The molecule has 1 aliphatic heterocycles. The van der Waals surface area contributed by atoms with Crippen molar-refractivity contribution < 1.29 is 9.13 Å². The molecule has 17 heavy (non-hydrogen) atoms. The maximum atomic E-state index is 14.0. The van der Waals surface area contributed by atoms with Gasteiger partial charge in [-0.2, -0.15) is 0 Å². The van der Waals surface area contributed by atoms with Crippen LogP contribution < -0.4 is 0 Å². The molecule has 0 atom stereocenters. The first-order valence-corrected chi connectivity index (χ1v) is 5.57. The molecule has 1 fully saturated rings. The normalized spacial score (nSPS) is 17.5. The van der Waals surface area contributed by atoms with Gasteiger partial charge in [0.15, 0.2) is 5.67 Å². The Morgan fingerprint density at radius 3 is 2.29 bits per heavy atom. The van der Waals surface area contributed by atoms with E-state index in [-0.39, 0.29) is 13.2 Å². The molecule has 0 spiro atoms. The van der Waals surface area contributed by atoms with Gasteiger partial charge >= 0.3 is 0 Å². The highest BCUT2D eigenvalue weighted by molar-refractivity contribution is 5.62. The van der Waals surface area contributed by atoms with Gasteiger partial charge in [0.25, 0.3) is 0 Å². The van der Waals surface area contributed by atoms with Crippen LogP contribution >= 0.6 is 0 Å². The monoisotopic (exact) mass is 229 g/mol. The van der Waals surface area contributed by atoms with Crippen LogP contribution in [0.2, 0.25) is 0 Å². The number of hydrogen-bond donors (Lipinski definition) is 0. The molecule has 1 aliphatic rings. The van der Waals surface area contributed by atoms with Gasteiger partial charge in [0, 0.05) is 11.8 Å². The SMILES string of the molecule is FC1(c2ccc(-c3ccccc3)cn2)COC1. The standard InChI is InChI=1S/C14H12FNO/c15-14(9-17-10-14)13-7-6-12(8-16-13)11-4-2-1-3-5-11/h1-8H,9-10H2. The van der Waals surface area contributed by atoms with Gasteiger partial charge in [0.2, 0.25) is 0 Å². The van der Waals surface area contributed by atoms with Crippen molar-refractivity contribution in [2.24, 2.45) is 0 Å². The Labute approximate surface area is 99.1 Å². The van der Waals surface area contributed by atoms with Crippen molar-refractivity contribution in [2.75, 3.05) is 13.2 Å². The highest BCUT2D eigenvalue weighted by Gasteiger charge is 2.41. The number of aromatic nitrogens is 1. The van der Waals surface area contributed by atoms with Gasteiger partial charge in [-0.05, 0) is 11.6 Å². The molecule has 0 unspecified atom stereocenters. The average molecular weight is 229 g/mol. The predicted octanol–water partition coefficient (Wildman–Crippen LogP) is 2.94. The molecule has 0 amide bonds. The fourth-order valence-electron chi connectivity index (χ4n) is 1.89. The van der Waals surface area contributed by atoms with Crippen molar-refractivity contribution in [3.8, 4) is 11.1 Å². The third kappa shape index (κ3) is 1.83. The summed E-state index contributed by atoms with van der Waals surface area (Å²) in [6, 6.07) is 13.6. The maximum absolute atomic E-state index is 14.0. The fraction of sp³-hybridized carbons (Fsp3) is 0.214. The summed E-state index contributed by atoms with van der Waals surface area (Å²) in [6.45, 7) is 0.232. The fourth-order valence-corrected chi connectivity index (χ4v) is 1.89. The van der Waals surface area contributed by atoms with E-state index in [0.29, 0.717) is 5.69 Å². The van der Waals surface area contributed by atoms with Crippen LogP contribution in [0.3, 0.4) is 0 Å². The van der Waals surface area contributed by atoms with Crippen LogP contribution in [0.15, 0.2) is 48.7 Å². The lowest BCUT2D eigenvalue weighted by atomic mass is 9.98. The van der Waals surface area contributed by atoms with Crippen molar-refractivity contribution in [3.05, 3.63) is 54.4 Å². The van der Waals surface area contributed by atoms with Crippen molar-refractivity contribution in [3.63, 3.8) is 0 Å². The van der Waals surface area contributed by atoms with Gasteiger partial charge in [-0.3, -0.25) is 4.98 Å². The summed E-state index contributed by atoms with van der Waals surface area (Å²) >= 11 is 0. The summed E-state index contributed by atoms with van der Waals surface area (Å²) in [6.07, 6.45) is 1.71. The lowest BCUT2D eigenvalue weighted by Gasteiger charge is -2.32. The Hall–Kier alpha value is -1.74. The van der Waals surface area contributed by atoms with E-state index in [1.807, 2.05) is 36.4 Å². The number of pyridine rings is 1. The zero-order valence-corrected chi connectivity index (χ0v) is 9.27. The third-order valence-corrected chi connectivity index (χ3v) is 2.99. The van der Waals surface area contributed by atoms with Gasteiger partial charge in [-0.25, -0.2) is 4.39 Å². The minimum absolute atomic E-state index is 0.116. The highest BCUT2D eigenvalue weighted by Crippen LogP contribution is 2.33. The van der Waals surface area contributed by atoms with E-state index in [1.54, 1.807) is 12.3 Å². The zero-order valence-electron chi connectivity index (χ0n) is 9.27. The van der Waals surface area contributed by atoms with Crippen molar-refractivity contribution in [2.45, 2.75) is 5.67 Å². The molecular weight excluding hydrogens is 217 g/mol. The van der Waals surface area contributed by atoms with Gasteiger partial charge in [-0.1, -0.05) is 36.4 Å². The van der Waals surface area contributed by atoms with Gasteiger partial charge in [0.1, 0.15) is 0 Å². The molecule has 0 saturated carbocycles. The topological polar surface area (TPSA) is 22.1 Å². The summed E-state index contributed by atoms with van der Waals surface area (Å²) in [4.78, 5) is 4.19.